The van der Waals surface area contributed by atoms with Crippen molar-refractivity contribution in [3.05, 3.63) is 18.2 Å². The number of halogens is 2. The van der Waals surface area contributed by atoms with Gasteiger partial charge in [-0.25, -0.2) is 0 Å². The lowest BCUT2D eigenvalue weighted by Gasteiger charge is -1.98. The molecule has 1 aromatic heterocycles. The zero-order valence-electron chi connectivity index (χ0n) is 7.74. The summed E-state index contributed by atoms with van der Waals surface area (Å²) in [7, 11) is 1.50. The van der Waals surface area contributed by atoms with Crippen LogP contribution in [0.25, 0.3) is 10.2 Å². The summed E-state index contributed by atoms with van der Waals surface area (Å²) in [6, 6.07) is 5.26. The van der Waals surface area contributed by atoms with Crippen LogP contribution < -0.4 is 9.47 Å². The topological polar surface area (TPSA) is 31.4 Å². The van der Waals surface area contributed by atoms with Gasteiger partial charge in [0.25, 0.3) is 5.19 Å². The third-order valence-electron chi connectivity index (χ3n) is 1.77. The lowest BCUT2D eigenvalue weighted by Crippen LogP contribution is -2.00. The highest BCUT2D eigenvalue weighted by atomic mass is 32.1. The Labute approximate surface area is 88.3 Å². The van der Waals surface area contributed by atoms with E-state index in [4.69, 9.17) is 4.74 Å². The zero-order valence-corrected chi connectivity index (χ0v) is 8.55. The third-order valence-corrected chi connectivity index (χ3v) is 2.68. The van der Waals surface area contributed by atoms with Crippen molar-refractivity contribution in [2.75, 3.05) is 7.11 Å². The summed E-state index contributed by atoms with van der Waals surface area (Å²) in [4.78, 5) is 3.91. The number of aromatic nitrogens is 1. The SMILES string of the molecule is COc1cccc2sc(OC(F)F)nc12. The van der Waals surface area contributed by atoms with E-state index in [9.17, 15) is 8.78 Å². The molecule has 3 nitrogen and oxygen atoms in total. The first-order chi connectivity index (χ1) is 7.20. The van der Waals surface area contributed by atoms with E-state index in [2.05, 4.69) is 9.72 Å². The van der Waals surface area contributed by atoms with Gasteiger partial charge in [0.05, 0.1) is 11.8 Å². The van der Waals surface area contributed by atoms with Crippen LogP contribution in [0.2, 0.25) is 0 Å². The van der Waals surface area contributed by atoms with Gasteiger partial charge in [0.15, 0.2) is 0 Å². The van der Waals surface area contributed by atoms with Crippen LogP contribution in [0.15, 0.2) is 18.2 Å². The molecule has 1 aromatic carbocycles. The number of hydrogen-bond acceptors (Lipinski definition) is 4. The van der Waals surface area contributed by atoms with Gasteiger partial charge in [0.1, 0.15) is 11.3 Å². The molecule has 0 amide bonds. The molecule has 0 aliphatic heterocycles. The summed E-state index contributed by atoms with van der Waals surface area (Å²) in [5, 5.41) is -0.0514. The summed E-state index contributed by atoms with van der Waals surface area (Å²) < 4.78 is 33.9. The minimum Gasteiger partial charge on any atom is -0.494 e. The lowest BCUT2D eigenvalue weighted by molar-refractivity contribution is -0.0498. The molecule has 0 spiro atoms. The van der Waals surface area contributed by atoms with Gasteiger partial charge in [0.2, 0.25) is 0 Å². The summed E-state index contributed by atoms with van der Waals surface area (Å²) in [6.07, 6.45) is 0. The Morgan fingerprint density at radius 2 is 2.20 bits per heavy atom. The number of nitrogens with zero attached hydrogens (tertiary/aromatic N) is 1. The van der Waals surface area contributed by atoms with Crippen molar-refractivity contribution in [1.82, 2.24) is 4.98 Å². The van der Waals surface area contributed by atoms with E-state index < -0.39 is 6.61 Å². The van der Waals surface area contributed by atoms with Crippen LogP contribution in [0.1, 0.15) is 0 Å². The molecule has 0 aliphatic carbocycles. The standard InChI is InChI=1S/C9H7F2NO2S/c1-13-5-3-2-4-6-7(5)12-9(15-6)14-8(10)11/h2-4,8H,1H3. The molecule has 0 unspecified atom stereocenters. The molecular formula is C9H7F2NO2S. The number of para-hydroxylation sites is 1. The Hall–Kier alpha value is -1.43. The molecule has 6 heteroatoms. The largest absolute Gasteiger partial charge is 0.494 e. The maximum atomic E-state index is 11.9. The predicted octanol–water partition coefficient (Wildman–Crippen LogP) is 2.91. The second-order valence-electron chi connectivity index (χ2n) is 2.67. The van der Waals surface area contributed by atoms with Crippen LogP contribution >= 0.6 is 11.3 Å². The van der Waals surface area contributed by atoms with E-state index in [1.807, 2.05) is 0 Å². The summed E-state index contributed by atoms with van der Waals surface area (Å²) in [6.45, 7) is -2.85. The molecule has 0 N–H and O–H groups in total. The summed E-state index contributed by atoms with van der Waals surface area (Å²) >= 11 is 1.06. The van der Waals surface area contributed by atoms with Crippen LogP contribution in [0.4, 0.5) is 8.78 Å². The minimum atomic E-state index is -2.85. The highest BCUT2D eigenvalue weighted by Crippen LogP contribution is 2.33. The molecule has 0 saturated heterocycles. The Balaban J connectivity index is 2.45. The summed E-state index contributed by atoms with van der Waals surface area (Å²) in [5.41, 5.74) is 0.542. The number of methoxy groups -OCH3 is 1. The van der Waals surface area contributed by atoms with E-state index in [0.717, 1.165) is 16.0 Å². The van der Waals surface area contributed by atoms with Gasteiger partial charge < -0.3 is 9.47 Å². The van der Waals surface area contributed by atoms with E-state index >= 15 is 0 Å². The second-order valence-corrected chi connectivity index (χ2v) is 3.66. The lowest BCUT2D eigenvalue weighted by atomic mass is 10.3. The summed E-state index contributed by atoms with van der Waals surface area (Å²) in [5.74, 6) is 0.549. The van der Waals surface area contributed by atoms with Crippen molar-refractivity contribution in [3.63, 3.8) is 0 Å². The number of fused-ring (bicyclic) bond motifs is 1. The Morgan fingerprint density at radius 1 is 1.40 bits per heavy atom. The molecule has 80 valence electrons. The van der Waals surface area contributed by atoms with Crippen molar-refractivity contribution in [3.8, 4) is 10.9 Å². The van der Waals surface area contributed by atoms with Crippen molar-refractivity contribution in [2.24, 2.45) is 0 Å². The van der Waals surface area contributed by atoms with E-state index in [0.29, 0.717) is 11.3 Å². The van der Waals surface area contributed by atoms with Gasteiger partial charge in [-0.2, -0.15) is 13.8 Å². The first-order valence-corrected chi connectivity index (χ1v) is 4.90. The molecule has 1 heterocycles. The molecule has 2 rings (SSSR count). The fourth-order valence-electron chi connectivity index (χ4n) is 1.19. The van der Waals surface area contributed by atoms with Crippen LogP contribution in [0.5, 0.6) is 10.9 Å². The second kappa shape index (κ2) is 3.98. The fraction of sp³-hybridized carbons (Fsp3) is 0.222. The number of benzene rings is 1. The quantitative estimate of drug-likeness (QED) is 0.813. The normalized spacial score (nSPS) is 10.9. The molecule has 0 atom stereocenters. The number of alkyl halides is 2. The van der Waals surface area contributed by atoms with Gasteiger partial charge in [0, 0.05) is 0 Å². The van der Waals surface area contributed by atoms with Crippen LogP contribution in [0, 0.1) is 0 Å². The number of hydrogen-bond donors (Lipinski definition) is 0. The van der Waals surface area contributed by atoms with Gasteiger partial charge in [-0.05, 0) is 12.1 Å². The Morgan fingerprint density at radius 3 is 2.87 bits per heavy atom. The maximum Gasteiger partial charge on any atom is 0.389 e. The smallest absolute Gasteiger partial charge is 0.389 e. The average Bonchev–Trinajstić information content (AvgIpc) is 2.58. The molecule has 0 saturated carbocycles. The third kappa shape index (κ3) is 1.99. The Bertz CT molecular complexity index is 472. The van der Waals surface area contributed by atoms with Crippen molar-refractivity contribution in [2.45, 2.75) is 6.61 Å². The highest BCUT2D eigenvalue weighted by Gasteiger charge is 2.12. The monoisotopic (exact) mass is 231 g/mol. The Kier molecular flexibility index (Phi) is 2.68. The number of rotatable bonds is 3. The zero-order chi connectivity index (χ0) is 10.8. The van der Waals surface area contributed by atoms with E-state index in [1.165, 1.54) is 7.11 Å². The van der Waals surface area contributed by atoms with Crippen molar-refractivity contribution in [1.29, 1.82) is 0 Å². The molecule has 2 aromatic rings. The van der Waals surface area contributed by atoms with Gasteiger partial charge in [-0.3, -0.25) is 0 Å². The minimum absolute atomic E-state index is 0.0514. The highest BCUT2D eigenvalue weighted by molar-refractivity contribution is 7.20. The maximum absolute atomic E-state index is 11.9. The van der Waals surface area contributed by atoms with Gasteiger partial charge in [-0.1, -0.05) is 17.4 Å². The first kappa shape index (κ1) is 10.1. The molecule has 0 radical (unpaired) electrons. The van der Waals surface area contributed by atoms with Crippen molar-refractivity contribution < 1.29 is 18.3 Å². The van der Waals surface area contributed by atoms with Gasteiger partial charge >= 0.3 is 6.61 Å². The predicted molar refractivity (Wildman–Crippen MR) is 52.8 cm³/mol. The molecule has 0 aliphatic rings. The average molecular weight is 231 g/mol. The van der Waals surface area contributed by atoms with Gasteiger partial charge in [-0.15, -0.1) is 0 Å². The molecule has 15 heavy (non-hydrogen) atoms. The molecule has 0 fully saturated rings. The molecule has 0 bridgehead atoms. The van der Waals surface area contributed by atoms with Crippen LogP contribution in [0.3, 0.4) is 0 Å². The number of thiazole rings is 1. The van der Waals surface area contributed by atoms with Crippen LogP contribution in [-0.4, -0.2) is 18.7 Å². The fourth-order valence-corrected chi connectivity index (χ4v) is 2.03. The van der Waals surface area contributed by atoms with E-state index in [1.54, 1.807) is 18.2 Å². The van der Waals surface area contributed by atoms with Crippen molar-refractivity contribution >= 4 is 21.6 Å². The first-order valence-electron chi connectivity index (χ1n) is 4.09. The van der Waals surface area contributed by atoms with Crippen LogP contribution in [-0.2, 0) is 0 Å². The number of ether oxygens (including phenoxy) is 2. The van der Waals surface area contributed by atoms with E-state index in [-0.39, 0.29) is 5.19 Å². The molecular weight excluding hydrogens is 224 g/mol.